The maximum Gasteiger partial charge on any atom is 0.239 e. The first-order chi connectivity index (χ1) is 15.6. The molecule has 1 heterocycles. The predicted octanol–water partition coefficient (Wildman–Crippen LogP) is 5.38. The zero-order chi connectivity index (χ0) is 22.0. The normalized spacial score (nSPS) is 27.2. The average Bonchev–Trinajstić information content (AvgIpc) is 3.10. The lowest BCUT2D eigenvalue weighted by molar-refractivity contribution is -0.122. The minimum atomic E-state index is -0.717. The number of rotatable bonds is 4. The molecule has 3 aliphatic carbocycles. The molecule has 5 heteroatoms. The van der Waals surface area contributed by atoms with Gasteiger partial charge in [0, 0.05) is 5.92 Å². The van der Waals surface area contributed by atoms with E-state index >= 15 is 0 Å². The average molecular weight is 488 g/mol. The summed E-state index contributed by atoms with van der Waals surface area (Å²) in [4.78, 5) is 29.1. The monoisotopic (exact) mass is 487 g/mol. The van der Waals surface area contributed by atoms with Crippen molar-refractivity contribution in [2.24, 2.45) is 11.8 Å². The highest BCUT2D eigenvalue weighted by molar-refractivity contribution is 9.09. The second-order valence-electron chi connectivity index (χ2n) is 8.72. The van der Waals surface area contributed by atoms with Crippen LogP contribution in [-0.4, -0.2) is 18.4 Å². The van der Waals surface area contributed by atoms with E-state index in [1.165, 1.54) is 4.90 Å². The van der Waals surface area contributed by atoms with Gasteiger partial charge in [0.1, 0.15) is 5.75 Å². The van der Waals surface area contributed by atoms with Crippen LogP contribution in [0.2, 0.25) is 0 Å². The minimum absolute atomic E-state index is 0.125. The van der Waals surface area contributed by atoms with E-state index in [-0.39, 0.29) is 17.7 Å². The van der Waals surface area contributed by atoms with Crippen molar-refractivity contribution in [3.63, 3.8) is 0 Å². The summed E-state index contributed by atoms with van der Waals surface area (Å²) in [5, 5.41) is 0. The van der Waals surface area contributed by atoms with Gasteiger partial charge in [0.25, 0.3) is 0 Å². The summed E-state index contributed by atoms with van der Waals surface area (Å²) in [7, 11) is 0. The smallest absolute Gasteiger partial charge is 0.239 e. The van der Waals surface area contributed by atoms with Crippen molar-refractivity contribution in [2.45, 2.75) is 23.6 Å². The van der Waals surface area contributed by atoms with E-state index in [0.29, 0.717) is 12.3 Å². The van der Waals surface area contributed by atoms with E-state index in [1.807, 2.05) is 36.4 Å². The van der Waals surface area contributed by atoms with Crippen molar-refractivity contribution in [2.75, 3.05) is 11.5 Å². The molecule has 0 N–H and O–H groups in total. The summed E-state index contributed by atoms with van der Waals surface area (Å²) in [6, 6.07) is 23.7. The molecule has 160 valence electrons. The van der Waals surface area contributed by atoms with Gasteiger partial charge in [-0.3, -0.25) is 9.59 Å². The molecule has 32 heavy (non-hydrogen) atoms. The quantitative estimate of drug-likeness (QED) is 0.366. The van der Waals surface area contributed by atoms with E-state index in [4.69, 9.17) is 4.74 Å². The molecule has 7 rings (SSSR count). The molecule has 0 unspecified atom stereocenters. The summed E-state index contributed by atoms with van der Waals surface area (Å²) < 4.78 is 4.95. The summed E-state index contributed by atoms with van der Waals surface area (Å²) in [6.45, 7) is 2.69. The highest BCUT2D eigenvalue weighted by Gasteiger charge is 2.67. The Labute approximate surface area is 195 Å². The maximum absolute atomic E-state index is 13.9. The van der Waals surface area contributed by atoms with E-state index < -0.39 is 16.2 Å². The molecule has 1 saturated heterocycles. The van der Waals surface area contributed by atoms with Crippen LogP contribution in [0, 0.1) is 11.8 Å². The second kappa shape index (κ2) is 7.04. The molecule has 3 aromatic rings. The van der Waals surface area contributed by atoms with Gasteiger partial charge in [0.2, 0.25) is 11.8 Å². The molecule has 0 spiro atoms. The van der Waals surface area contributed by atoms with Crippen molar-refractivity contribution >= 4 is 33.4 Å². The van der Waals surface area contributed by atoms with Gasteiger partial charge in [-0.25, -0.2) is 4.90 Å². The van der Waals surface area contributed by atoms with Gasteiger partial charge in [-0.15, -0.1) is 0 Å². The Hall–Kier alpha value is -2.92. The van der Waals surface area contributed by atoms with Crippen LogP contribution in [0.15, 0.2) is 72.8 Å². The van der Waals surface area contributed by atoms with Gasteiger partial charge in [-0.05, 0) is 52.9 Å². The number of halogens is 1. The summed E-state index contributed by atoms with van der Waals surface area (Å²) in [5.74, 6) is -0.568. The third-order valence-electron chi connectivity index (χ3n) is 7.08. The number of carbonyl (C=O) groups excluding carboxylic acids is 2. The number of ether oxygens (including phenoxy) is 1. The van der Waals surface area contributed by atoms with Crippen molar-refractivity contribution in [1.29, 1.82) is 0 Å². The number of imide groups is 1. The molecule has 3 aromatic carbocycles. The number of carbonyl (C=O) groups is 2. The Balaban J connectivity index is 1.48. The van der Waals surface area contributed by atoms with Crippen LogP contribution in [0.25, 0.3) is 0 Å². The molecule has 2 amide bonds. The zero-order valence-electron chi connectivity index (χ0n) is 17.6. The Morgan fingerprint density at radius 3 is 2.06 bits per heavy atom. The third kappa shape index (κ3) is 2.43. The molecule has 4 aliphatic rings. The van der Waals surface area contributed by atoms with Crippen molar-refractivity contribution in [1.82, 2.24) is 0 Å². The molecule has 2 bridgehead atoms. The fourth-order valence-corrected chi connectivity index (χ4v) is 7.05. The molecule has 2 atom stereocenters. The number of benzene rings is 3. The van der Waals surface area contributed by atoms with Gasteiger partial charge in [-0.1, -0.05) is 71.4 Å². The van der Waals surface area contributed by atoms with Crippen LogP contribution in [0.5, 0.6) is 5.75 Å². The Bertz CT molecular complexity index is 1200. The number of alkyl halides is 1. The van der Waals surface area contributed by atoms with Crippen LogP contribution in [-0.2, 0) is 13.9 Å². The van der Waals surface area contributed by atoms with Crippen molar-refractivity contribution in [3.05, 3.63) is 95.1 Å². The molecule has 4 nitrogen and oxygen atoms in total. The molecular formula is C27H22BrNO3. The Morgan fingerprint density at radius 1 is 0.875 bits per heavy atom. The van der Waals surface area contributed by atoms with Crippen molar-refractivity contribution in [3.8, 4) is 5.75 Å². The molecule has 0 saturated carbocycles. The van der Waals surface area contributed by atoms with Crippen LogP contribution >= 0.6 is 15.9 Å². The largest absolute Gasteiger partial charge is 0.494 e. The Kier molecular flexibility index (Phi) is 4.34. The van der Waals surface area contributed by atoms with Crippen LogP contribution in [0.1, 0.15) is 41.5 Å². The molecular weight excluding hydrogens is 466 g/mol. The Morgan fingerprint density at radius 2 is 1.47 bits per heavy atom. The fourth-order valence-electron chi connectivity index (χ4n) is 5.85. The number of anilines is 1. The lowest BCUT2D eigenvalue weighted by Gasteiger charge is -2.51. The summed E-state index contributed by atoms with van der Waals surface area (Å²) in [5.41, 5.74) is 5.06. The van der Waals surface area contributed by atoms with Gasteiger partial charge in [0.05, 0.1) is 28.5 Å². The van der Waals surface area contributed by atoms with Gasteiger partial charge in [0.15, 0.2) is 0 Å². The second-order valence-corrected chi connectivity index (χ2v) is 9.97. The maximum atomic E-state index is 13.9. The first-order valence-electron chi connectivity index (χ1n) is 11.1. The molecule has 0 aromatic heterocycles. The number of amides is 2. The highest BCUT2D eigenvalue weighted by Crippen LogP contribution is 2.66. The summed E-state index contributed by atoms with van der Waals surface area (Å²) in [6.07, 6.45) is 0.921. The van der Waals surface area contributed by atoms with Gasteiger partial charge >= 0.3 is 0 Å². The number of hydrogen-bond donors (Lipinski definition) is 0. The molecule has 1 fully saturated rings. The standard InChI is InChI=1S/C27H22BrNO3/c1-2-15-32-17-13-11-16(12-14-17)29-25(30)23-22-18-7-3-5-9-20(18)27(28,24(23)26(29)31)21-10-6-4-8-19(21)22/h3-14,22-24H,2,15H2,1H3/t22?,23-,24-,27?/m0/s1. The topological polar surface area (TPSA) is 46.6 Å². The predicted molar refractivity (Wildman–Crippen MR) is 126 cm³/mol. The molecule has 0 radical (unpaired) electrons. The van der Waals surface area contributed by atoms with E-state index in [1.54, 1.807) is 12.1 Å². The summed E-state index contributed by atoms with van der Waals surface area (Å²) >= 11 is 4.03. The number of hydrogen-bond acceptors (Lipinski definition) is 3. The fraction of sp³-hybridized carbons (Fsp3) is 0.259. The van der Waals surface area contributed by atoms with Crippen LogP contribution in [0.4, 0.5) is 5.69 Å². The molecule has 1 aliphatic heterocycles. The van der Waals surface area contributed by atoms with Gasteiger partial charge in [-0.2, -0.15) is 0 Å². The minimum Gasteiger partial charge on any atom is -0.494 e. The lowest BCUT2D eigenvalue weighted by Crippen LogP contribution is -2.50. The number of nitrogens with zero attached hydrogens (tertiary/aromatic N) is 1. The van der Waals surface area contributed by atoms with E-state index in [0.717, 1.165) is 34.4 Å². The van der Waals surface area contributed by atoms with Gasteiger partial charge < -0.3 is 4.74 Å². The van der Waals surface area contributed by atoms with Crippen LogP contribution in [0.3, 0.4) is 0 Å². The zero-order valence-corrected chi connectivity index (χ0v) is 19.2. The van der Waals surface area contributed by atoms with Crippen molar-refractivity contribution < 1.29 is 14.3 Å². The van der Waals surface area contributed by atoms with E-state index in [9.17, 15) is 9.59 Å². The highest BCUT2D eigenvalue weighted by atomic mass is 79.9. The van der Waals surface area contributed by atoms with Crippen LogP contribution < -0.4 is 9.64 Å². The first kappa shape index (κ1) is 19.7. The third-order valence-corrected chi connectivity index (χ3v) is 8.43. The van der Waals surface area contributed by atoms with E-state index in [2.05, 4.69) is 47.1 Å². The lowest BCUT2D eigenvalue weighted by atomic mass is 9.55. The first-order valence-corrected chi connectivity index (χ1v) is 11.8. The SMILES string of the molecule is CCCOc1ccc(N2C(=O)[C@@H]3[C@@H](C2=O)C2c4ccccc4C3(Br)c3ccccc32)cc1.